The largest absolute Gasteiger partial charge is 0.465 e. The highest BCUT2D eigenvalue weighted by molar-refractivity contribution is 6.17. The summed E-state index contributed by atoms with van der Waals surface area (Å²) in [6, 6.07) is 8.93. The second-order valence-electron chi connectivity index (χ2n) is 5.32. The Morgan fingerprint density at radius 2 is 1.73 bits per heavy atom. The third-order valence-corrected chi connectivity index (χ3v) is 3.64. The molecule has 0 bridgehead atoms. The van der Waals surface area contributed by atoms with Crippen LogP contribution in [0.3, 0.4) is 0 Å². The lowest BCUT2D eigenvalue weighted by Crippen LogP contribution is -2.37. The van der Waals surface area contributed by atoms with Crippen LogP contribution in [0.5, 0.6) is 0 Å². The molecule has 1 heterocycles. The van der Waals surface area contributed by atoms with Crippen LogP contribution in [0.15, 0.2) is 40.8 Å². The molecule has 0 atom stereocenters. The third-order valence-electron chi connectivity index (χ3n) is 3.64. The van der Waals surface area contributed by atoms with Crippen LogP contribution >= 0.6 is 0 Å². The predicted molar refractivity (Wildman–Crippen MR) is 94.4 cm³/mol. The molecule has 0 aliphatic rings. The topological polar surface area (TPSA) is 114 Å². The van der Waals surface area contributed by atoms with Crippen molar-refractivity contribution in [1.82, 2.24) is 20.6 Å². The van der Waals surface area contributed by atoms with Crippen LogP contribution in [0.4, 0.5) is 4.79 Å². The molecular formula is C17H20N4O5. The first-order valence-corrected chi connectivity index (χ1v) is 7.67. The number of aryl methyl sites for hydroxylation is 1. The van der Waals surface area contributed by atoms with Crippen LogP contribution in [0, 0.1) is 6.92 Å². The van der Waals surface area contributed by atoms with Gasteiger partial charge in [-0.05, 0) is 26.0 Å². The van der Waals surface area contributed by atoms with Crippen LogP contribution in [-0.2, 0) is 14.3 Å². The van der Waals surface area contributed by atoms with Gasteiger partial charge in [0.25, 0.3) is 5.56 Å². The maximum atomic E-state index is 12.9. The zero-order chi connectivity index (χ0) is 19.3. The molecule has 1 aromatic carbocycles. The van der Waals surface area contributed by atoms with Gasteiger partial charge in [0.15, 0.2) is 0 Å². The number of aromatic nitrogens is 2. The molecule has 26 heavy (non-hydrogen) atoms. The summed E-state index contributed by atoms with van der Waals surface area (Å²) in [6.45, 7) is 3.20. The molecule has 3 N–H and O–H groups in total. The van der Waals surface area contributed by atoms with Crippen molar-refractivity contribution in [3.63, 3.8) is 0 Å². The minimum Gasteiger partial charge on any atom is -0.465 e. The van der Waals surface area contributed by atoms with Gasteiger partial charge in [0.05, 0.1) is 31.0 Å². The highest BCUT2D eigenvalue weighted by Crippen LogP contribution is 2.20. The van der Waals surface area contributed by atoms with Crippen LogP contribution < -0.4 is 16.4 Å². The summed E-state index contributed by atoms with van der Waals surface area (Å²) >= 11 is 0. The number of amides is 1. The fourth-order valence-electron chi connectivity index (χ4n) is 2.40. The van der Waals surface area contributed by atoms with E-state index in [1.54, 1.807) is 31.2 Å². The minimum atomic E-state index is -0.749. The van der Waals surface area contributed by atoms with Gasteiger partial charge in [0.1, 0.15) is 0 Å². The highest BCUT2D eigenvalue weighted by Gasteiger charge is 2.25. The van der Waals surface area contributed by atoms with Crippen molar-refractivity contribution >= 4 is 17.6 Å². The zero-order valence-electron chi connectivity index (χ0n) is 14.9. The van der Waals surface area contributed by atoms with E-state index in [1.807, 2.05) is 6.07 Å². The minimum absolute atomic E-state index is 0.00247. The first-order valence-electron chi connectivity index (χ1n) is 7.67. The molecule has 9 heteroatoms. The van der Waals surface area contributed by atoms with E-state index in [4.69, 9.17) is 4.74 Å². The summed E-state index contributed by atoms with van der Waals surface area (Å²) in [7, 11) is 2.41. The average molecular weight is 360 g/mol. The smallest absolute Gasteiger partial charge is 0.425 e. The van der Waals surface area contributed by atoms with Gasteiger partial charge in [0.2, 0.25) is 0 Å². The maximum absolute atomic E-state index is 12.9. The lowest BCUT2D eigenvalue weighted by Gasteiger charge is -2.12. The number of benzene rings is 1. The van der Waals surface area contributed by atoms with E-state index in [-0.39, 0.29) is 16.8 Å². The number of hydrogen-bond acceptors (Lipinski definition) is 6. The number of methoxy groups -OCH3 is 2. The lowest BCUT2D eigenvalue weighted by molar-refractivity contribution is -0.133. The predicted octanol–water partition coefficient (Wildman–Crippen LogP) is 1.24. The first kappa shape index (κ1) is 18.8. The Labute approximate surface area is 149 Å². The Bertz CT molecular complexity index is 896. The summed E-state index contributed by atoms with van der Waals surface area (Å²) in [4.78, 5) is 36.4. The van der Waals surface area contributed by atoms with Crippen molar-refractivity contribution in [3.05, 3.63) is 57.6 Å². The van der Waals surface area contributed by atoms with Crippen LogP contribution in [-0.4, -0.2) is 36.1 Å². The molecule has 0 fully saturated rings. The normalized spacial score (nSPS) is 11.4. The number of hydrogen-bond donors (Lipinski definition) is 3. The van der Waals surface area contributed by atoms with Gasteiger partial charge in [-0.1, -0.05) is 18.2 Å². The van der Waals surface area contributed by atoms with Crippen molar-refractivity contribution in [2.24, 2.45) is 0 Å². The SMILES string of the molecule is COC(=O)NN/C(C)=C(\C(=O)OC)c1c(C)[nH]n(-c2ccccc2)c1=O. The second kappa shape index (κ2) is 8.06. The monoisotopic (exact) mass is 360 g/mol. The van der Waals surface area contributed by atoms with E-state index in [9.17, 15) is 14.4 Å². The summed E-state index contributed by atoms with van der Waals surface area (Å²) in [6.07, 6.45) is -0.749. The Kier molecular flexibility index (Phi) is 5.84. The van der Waals surface area contributed by atoms with Crippen molar-refractivity contribution in [3.8, 4) is 5.69 Å². The van der Waals surface area contributed by atoms with Gasteiger partial charge >= 0.3 is 12.1 Å². The fraction of sp³-hybridized carbons (Fsp3) is 0.235. The summed E-state index contributed by atoms with van der Waals surface area (Å²) in [5.74, 6) is -0.721. The number of rotatable bonds is 5. The number of allylic oxidation sites excluding steroid dienone is 1. The van der Waals surface area contributed by atoms with Gasteiger partial charge in [-0.3, -0.25) is 15.3 Å². The van der Waals surface area contributed by atoms with Crippen LogP contribution in [0.1, 0.15) is 18.2 Å². The molecule has 0 aliphatic carbocycles. The molecule has 9 nitrogen and oxygen atoms in total. The summed E-state index contributed by atoms with van der Waals surface area (Å²) in [5, 5.41) is 2.94. The van der Waals surface area contributed by atoms with Crippen molar-refractivity contribution in [2.45, 2.75) is 13.8 Å². The Hall–Kier alpha value is -3.49. The van der Waals surface area contributed by atoms with Crippen LogP contribution in [0.2, 0.25) is 0 Å². The Morgan fingerprint density at radius 1 is 1.08 bits per heavy atom. The van der Waals surface area contributed by atoms with E-state index < -0.39 is 17.6 Å². The fourth-order valence-corrected chi connectivity index (χ4v) is 2.40. The first-order chi connectivity index (χ1) is 12.4. The van der Waals surface area contributed by atoms with Crippen molar-refractivity contribution in [1.29, 1.82) is 0 Å². The second-order valence-corrected chi connectivity index (χ2v) is 5.32. The number of carbonyl (C=O) groups is 2. The molecular weight excluding hydrogens is 340 g/mol. The van der Waals surface area contributed by atoms with E-state index in [2.05, 4.69) is 20.7 Å². The molecule has 0 saturated heterocycles. The Morgan fingerprint density at radius 3 is 2.31 bits per heavy atom. The molecule has 0 spiro atoms. The standard InChI is InChI=1S/C17H20N4O5/c1-10(18-19-17(24)26-4)14(16(23)25-3)13-11(2)20-21(15(13)22)12-8-6-5-7-9-12/h5-9,18,20H,1-4H3,(H,19,24)/b14-10-. The molecule has 1 aromatic heterocycles. The van der Waals surface area contributed by atoms with Gasteiger partial charge in [-0.15, -0.1) is 0 Å². The number of nitrogens with zero attached hydrogens (tertiary/aromatic N) is 1. The number of aromatic amines is 1. The quantitative estimate of drug-likeness (QED) is 0.420. The van der Waals surface area contributed by atoms with Crippen molar-refractivity contribution in [2.75, 3.05) is 14.2 Å². The molecule has 0 unspecified atom stereocenters. The number of hydrazine groups is 1. The molecule has 138 valence electrons. The summed E-state index contributed by atoms with van der Waals surface area (Å²) < 4.78 is 10.6. The van der Waals surface area contributed by atoms with E-state index in [0.29, 0.717) is 11.4 Å². The summed E-state index contributed by atoms with van der Waals surface area (Å²) in [5.41, 5.74) is 5.81. The molecule has 0 saturated carbocycles. The van der Waals surface area contributed by atoms with Crippen molar-refractivity contribution < 1.29 is 19.1 Å². The average Bonchev–Trinajstić information content (AvgIpc) is 2.95. The molecule has 0 radical (unpaired) electrons. The van der Waals surface area contributed by atoms with Gasteiger partial charge < -0.3 is 9.47 Å². The van der Waals surface area contributed by atoms with Gasteiger partial charge in [-0.2, -0.15) is 0 Å². The number of ether oxygens (including phenoxy) is 2. The van der Waals surface area contributed by atoms with Gasteiger partial charge in [-0.25, -0.2) is 19.7 Å². The zero-order valence-corrected chi connectivity index (χ0v) is 14.9. The van der Waals surface area contributed by atoms with E-state index in [0.717, 1.165) is 0 Å². The number of para-hydroxylation sites is 1. The van der Waals surface area contributed by atoms with E-state index >= 15 is 0 Å². The lowest BCUT2D eigenvalue weighted by atomic mass is 10.1. The number of carbonyl (C=O) groups excluding carboxylic acids is 2. The number of H-pyrrole nitrogens is 1. The van der Waals surface area contributed by atoms with Gasteiger partial charge in [0, 0.05) is 11.4 Å². The molecule has 2 aromatic rings. The molecule has 1 amide bonds. The highest BCUT2D eigenvalue weighted by atomic mass is 16.5. The van der Waals surface area contributed by atoms with E-state index in [1.165, 1.54) is 25.8 Å². The molecule has 2 rings (SSSR count). The van der Waals surface area contributed by atoms with Crippen LogP contribution in [0.25, 0.3) is 11.3 Å². The third kappa shape index (κ3) is 3.77. The number of esters is 1. The number of nitrogens with one attached hydrogen (secondary N) is 3. The maximum Gasteiger partial charge on any atom is 0.425 e. The Balaban J connectivity index is 2.56. The molecule has 0 aliphatic heterocycles.